The molecule has 2 nitrogen and oxygen atoms in total. The molecule has 0 spiro atoms. The van der Waals surface area contributed by atoms with Crippen molar-refractivity contribution in [3.05, 3.63) is 29.0 Å². The van der Waals surface area contributed by atoms with E-state index in [1.807, 2.05) is 0 Å². The smallest absolute Gasteiger partial charge is 0.252 e. The molecule has 76 valence electrons. The number of alkyl halides is 2. The molecule has 5 heteroatoms. The molecule has 0 saturated heterocycles. The first-order chi connectivity index (χ1) is 6.41. The van der Waals surface area contributed by atoms with Gasteiger partial charge in [0.15, 0.2) is 0 Å². The standard InChI is InChI=1S/C9H9ClF2N2/c10-7-3-6(1-2-14-7)8(13)4-9(11,12)5-8/h1-3H,4-5,13H2. The highest BCUT2D eigenvalue weighted by atomic mass is 35.5. The highest BCUT2D eigenvalue weighted by Crippen LogP contribution is 2.49. The van der Waals surface area contributed by atoms with Gasteiger partial charge in [0.2, 0.25) is 0 Å². The molecule has 0 aromatic carbocycles. The highest BCUT2D eigenvalue weighted by Gasteiger charge is 2.55. The summed E-state index contributed by atoms with van der Waals surface area (Å²) in [6, 6.07) is 3.16. The molecule has 1 fully saturated rings. The Morgan fingerprint density at radius 3 is 2.57 bits per heavy atom. The van der Waals surface area contributed by atoms with E-state index in [-0.39, 0.29) is 18.0 Å². The summed E-state index contributed by atoms with van der Waals surface area (Å²) in [5.41, 5.74) is 5.50. The Morgan fingerprint density at radius 1 is 1.43 bits per heavy atom. The summed E-state index contributed by atoms with van der Waals surface area (Å²) in [4.78, 5) is 3.77. The SMILES string of the molecule is NC1(c2ccnc(Cl)c2)CC(F)(F)C1. The maximum absolute atomic E-state index is 12.7. The number of nitrogens with zero attached hydrogens (tertiary/aromatic N) is 1. The van der Waals surface area contributed by atoms with Crippen molar-refractivity contribution >= 4 is 11.6 Å². The van der Waals surface area contributed by atoms with Crippen molar-refractivity contribution < 1.29 is 8.78 Å². The number of halogens is 3. The Balaban J connectivity index is 2.25. The van der Waals surface area contributed by atoms with E-state index in [1.54, 1.807) is 6.07 Å². The lowest BCUT2D eigenvalue weighted by Gasteiger charge is -2.44. The molecule has 1 aromatic heterocycles. The predicted octanol–water partition coefficient (Wildman–Crippen LogP) is 2.32. The molecule has 1 aliphatic rings. The first-order valence-electron chi connectivity index (χ1n) is 4.20. The van der Waals surface area contributed by atoms with Crippen LogP contribution < -0.4 is 5.73 Å². The zero-order chi connectivity index (χ0) is 10.4. The highest BCUT2D eigenvalue weighted by molar-refractivity contribution is 6.29. The van der Waals surface area contributed by atoms with E-state index in [1.165, 1.54) is 12.3 Å². The summed E-state index contributed by atoms with van der Waals surface area (Å²) < 4.78 is 25.4. The zero-order valence-electron chi connectivity index (χ0n) is 7.30. The van der Waals surface area contributed by atoms with E-state index < -0.39 is 11.5 Å². The van der Waals surface area contributed by atoms with Crippen LogP contribution in [0.3, 0.4) is 0 Å². The normalized spacial score (nSPS) is 22.9. The Morgan fingerprint density at radius 2 is 2.07 bits per heavy atom. The van der Waals surface area contributed by atoms with E-state index in [0.29, 0.717) is 5.56 Å². The predicted molar refractivity (Wildman–Crippen MR) is 49.3 cm³/mol. The molecular formula is C9H9ClF2N2. The van der Waals surface area contributed by atoms with Crippen LogP contribution in [-0.4, -0.2) is 10.9 Å². The summed E-state index contributed by atoms with van der Waals surface area (Å²) in [6.07, 6.45) is 0.837. The second kappa shape index (κ2) is 2.87. The fourth-order valence-corrected chi connectivity index (χ4v) is 1.96. The van der Waals surface area contributed by atoms with Crippen LogP contribution in [0.4, 0.5) is 8.78 Å². The van der Waals surface area contributed by atoms with Crippen LogP contribution in [0.15, 0.2) is 18.3 Å². The molecule has 0 unspecified atom stereocenters. The van der Waals surface area contributed by atoms with Gasteiger partial charge in [0.1, 0.15) is 5.15 Å². The van der Waals surface area contributed by atoms with Gasteiger partial charge in [-0.2, -0.15) is 0 Å². The van der Waals surface area contributed by atoms with Gasteiger partial charge in [0.25, 0.3) is 5.92 Å². The van der Waals surface area contributed by atoms with Gasteiger partial charge in [0, 0.05) is 19.0 Å². The van der Waals surface area contributed by atoms with Crippen LogP contribution in [0.25, 0.3) is 0 Å². The second-order valence-corrected chi connectivity index (χ2v) is 4.12. The fraction of sp³-hybridized carbons (Fsp3) is 0.444. The molecule has 14 heavy (non-hydrogen) atoms. The van der Waals surface area contributed by atoms with E-state index in [0.717, 1.165) is 0 Å². The Kier molecular flexibility index (Phi) is 2.01. The zero-order valence-corrected chi connectivity index (χ0v) is 8.06. The maximum atomic E-state index is 12.7. The topological polar surface area (TPSA) is 38.9 Å². The molecule has 1 heterocycles. The van der Waals surface area contributed by atoms with E-state index in [9.17, 15) is 8.78 Å². The van der Waals surface area contributed by atoms with Gasteiger partial charge in [-0.3, -0.25) is 0 Å². The molecule has 2 rings (SSSR count). The molecule has 0 amide bonds. The van der Waals surface area contributed by atoms with E-state index in [2.05, 4.69) is 4.98 Å². The van der Waals surface area contributed by atoms with Gasteiger partial charge in [-0.15, -0.1) is 0 Å². The number of aromatic nitrogens is 1. The molecular weight excluding hydrogens is 210 g/mol. The van der Waals surface area contributed by atoms with Crippen LogP contribution in [0.5, 0.6) is 0 Å². The molecule has 1 saturated carbocycles. The van der Waals surface area contributed by atoms with Crippen LogP contribution in [0.1, 0.15) is 18.4 Å². The number of rotatable bonds is 1. The third-order valence-corrected chi connectivity index (χ3v) is 2.66. The van der Waals surface area contributed by atoms with Crippen molar-refractivity contribution in [3.63, 3.8) is 0 Å². The molecule has 0 bridgehead atoms. The van der Waals surface area contributed by atoms with Gasteiger partial charge in [0.05, 0.1) is 5.54 Å². The summed E-state index contributed by atoms with van der Waals surface area (Å²) in [5, 5.41) is 0.280. The average Bonchev–Trinajstić information content (AvgIpc) is 2.00. The van der Waals surface area contributed by atoms with Crippen molar-refractivity contribution in [1.29, 1.82) is 0 Å². The van der Waals surface area contributed by atoms with Crippen LogP contribution in [0.2, 0.25) is 5.15 Å². The lowest BCUT2D eigenvalue weighted by Crippen LogP contribution is -2.55. The Labute approximate surface area is 85.1 Å². The van der Waals surface area contributed by atoms with Gasteiger partial charge in [-0.05, 0) is 17.7 Å². The van der Waals surface area contributed by atoms with Gasteiger partial charge >= 0.3 is 0 Å². The number of hydrogen-bond donors (Lipinski definition) is 1. The largest absolute Gasteiger partial charge is 0.321 e. The van der Waals surface area contributed by atoms with Gasteiger partial charge < -0.3 is 5.73 Å². The molecule has 1 aliphatic carbocycles. The average molecular weight is 219 g/mol. The molecule has 0 atom stereocenters. The minimum atomic E-state index is -2.63. The first-order valence-corrected chi connectivity index (χ1v) is 4.58. The second-order valence-electron chi connectivity index (χ2n) is 3.73. The minimum Gasteiger partial charge on any atom is -0.321 e. The summed E-state index contributed by atoms with van der Waals surface area (Å²) in [5.74, 6) is -2.63. The number of pyridine rings is 1. The summed E-state index contributed by atoms with van der Waals surface area (Å²) in [7, 11) is 0. The summed E-state index contributed by atoms with van der Waals surface area (Å²) in [6.45, 7) is 0. The van der Waals surface area contributed by atoms with Gasteiger partial charge in [-0.25, -0.2) is 13.8 Å². The van der Waals surface area contributed by atoms with Crippen LogP contribution in [-0.2, 0) is 5.54 Å². The van der Waals surface area contributed by atoms with Crippen LogP contribution >= 0.6 is 11.6 Å². The number of nitrogens with two attached hydrogens (primary N) is 1. The molecule has 0 aliphatic heterocycles. The van der Waals surface area contributed by atoms with Crippen molar-refractivity contribution in [1.82, 2.24) is 4.98 Å². The van der Waals surface area contributed by atoms with E-state index >= 15 is 0 Å². The quantitative estimate of drug-likeness (QED) is 0.735. The summed E-state index contributed by atoms with van der Waals surface area (Å²) >= 11 is 5.65. The number of hydrogen-bond acceptors (Lipinski definition) is 2. The van der Waals surface area contributed by atoms with Crippen LogP contribution in [0, 0.1) is 0 Å². The van der Waals surface area contributed by atoms with Crippen molar-refractivity contribution in [2.75, 3.05) is 0 Å². The molecule has 0 radical (unpaired) electrons. The molecule has 2 N–H and O–H groups in total. The van der Waals surface area contributed by atoms with Crippen molar-refractivity contribution in [3.8, 4) is 0 Å². The third-order valence-electron chi connectivity index (χ3n) is 2.45. The van der Waals surface area contributed by atoms with Crippen molar-refractivity contribution in [2.45, 2.75) is 24.3 Å². The van der Waals surface area contributed by atoms with Crippen molar-refractivity contribution in [2.24, 2.45) is 5.73 Å². The third kappa shape index (κ3) is 1.60. The first kappa shape index (κ1) is 9.80. The Hall–Kier alpha value is -0.740. The van der Waals surface area contributed by atoms with E-state index in [4.69, 9.17) is 17.3 Å². The van der Waals surface area contributed by atoms with Gasteiger partial charge in [-0.1, -0.05) is 11.6 Å². The minimum absolute atomic E-state index is 0.280. The monoisotopic (exact) mass is 218 g/mol. The maximum Gasteiger partial charge on any atom is 0.252 e. The lowest BCUT2D eigenvalue weighted by molar-refractivity contribution is -0.125. The Bertz CT molecular complexity index is 360. The lowest BCUT2D eigenvalue weighted by atomic mass is 9.70. The fourth-order valence-electron chi connectivity index (χ4n) is 1.79. The molecule has 1 aromatic rings.